The number of rotatable bonds is 5. The van der Waals surface area contributed by atoms with Crippen LogP contribution in [0, 0.1) is 0 Å². The molecular weight excluding hydrogens is 418 g/mol. The van der Waals surface area contributed by atoms with E-state index in [-0.39, 0.29) is 18.4 Å². The third-order valence-electron chi connectivity index (χ3n) is 5.09. The van der Waals surface area contributed by atoms with Gasteiger partial charge in [0.05, 0.1) is 19.9 Å². The van der Waals surface area contributed by atoms with E-state index in [4.69, 9.17) is 21.1 Å². The predicted octanol–water partition coefficient (Wildman–Crippen LogP) is 3.37. The molecule has 0 unspecified atom stereocenters. The minimum Gasteiger partial charge on any atom is -0.497 e. The number of methoxy groups -OCH3 is 2. The molecule has 4 rings (SSSR count). The molecule has 1 atom stereocenters. The van der Waals surface area contributed by atoms with Crippen LogP contribution in [0.1, 0.15) is 11.7 Å². The minimum atomic E-state index is -0.902. The first-order valence-electron chi connectivity index (χ1n) is 9.60. The number of ether oxygens (including phenoxy) is 2. The summed E-state index contributed by atoms with van der Waals surface area (Å²) in [6.07, 6.45) is 1.79. The van der Waals surface area contributed by atoms with E-state index in [1.165, 1.54) is 12.0 Å². The smallest absolute Gasteiger partial charge is 0.294 e. The second kappa shape index (κ2) is 8.65. The Morgan fingerprint density at radius 1 is 1.10 bits per heavy atom. The normalized spacial score (nSPS) is 15.3. The number of hydrogen-bond donors (Lipinski definition) is 1. The molecule has 0 spiro atoms. The number of hydrogen-bond acceptors (Lipinski definition) is 4. The zero-order chi connectivity index (χ0) is 22.0. The molecule has 158 valence electrons. The molecule has 2 aromatic carbocycles. The molecule has 1 N–H and O–H groups in total. The van der Waals surface area contributed by atoms with Gasteiger partial charge in [0.15, 0.2) is 6.20 Å². The number of nitrogens with zero attached hydrogens (tertiary/aromatic N) is 2. The van der Waals surface area contributed by atoms with Crippen LogP contribution in [0.4, 0.5) is 11.4 Å². The largest absolute Gasteiger partial charge is 0.497 e. The van der Waals surface area contributed by atoms with Gasteiger partial charge < -0.3 is 14.8 Å². The van der Waals surface area contributed by atoms with Crippen LogP contribution in [0.15, 0.2) is 66.9 Å². The van der Waals surface area contributed by atoms with Crippen LogP contribution < -0.4 is 24.3 Å². The number of halogens is 1. The Labute approximate surface area is 184 Å². The Kier molecular flexibility index (Phi) is 5.77. The van der Waals surface area contributed by atoms with Crippen molar-refractivity contribution in [3.05, 3.63) is 77.6 Å². The number of fused-ring (bicyclic) bond motifs is 1. The van der Waals surface area contributed by atoms with Gasteiger partial charge in [0.25, 0.3) is 11.8 Å². The highest BCUT2D eigenvalue weighted by atomic mass is 35.5. The summed E-state index contributed by atoms with van der Waals surface area (Å²) in [4.78, 5) is 28.1. The van der Waals surface area contributed by atoms with Crippen molar-refractivity contribution in [3.63, 3.8) is 0 Å². The summed E-state index contributed by atoms with van der Waals surface area (Å²) in [5.74, 6) is 0.431. The SMILES string of the molecule is COc1ccc(N2C(=O)C[n+]3ccccc3[C@@H]2C(=O)Nc2ccc(Cl)cc2)c(OC)c1. The van der Waals surface area contributed by atoms with Crippen molar-refractivity contribution >= 4 is 34.8 Å². The van der Waals surface area contributed by atoms with Gasteiger partial charge in [-0.15, -0.1) is 0 Å². The summed E-state index contributed by atoms with van der Waals surface area (Å²) >= 11 is 5.95. The van der Waals surface area contributed by atoms with Crippen molar-refractivity contribution in [2.75, 3.05) is 24.4 Å². The van der Waals surface area contributed by atoms with Crippen LogP contribution in [0.5, 0.6) is 11.5 Å². The first-order chi connectivity index (χ1) is 15.0. The fourth-order valence-electron chi connectivity index (χ4n) is 3.63. The third kappa shape index (κ3) is 4.04. The summed E-state index contributed by atoms with van der Waals surface area (Å²) in [7, 11) is 3.06. The maximum Gasteiger partial charge on any atom is 0.294 e. The number of amides is 2. The van der Waals surface area contributed by atoms with E-state index < -0.39 is 6.04 Å². The van der Waals surface area contributed by atoms with E-state index in [2.05, 4.69) is 5.32 Å². The maximum absolute atomic E-state index is 13.5. The first kappa shape index (κ1) is 20.7. The minimum absolute atomic E-state index is 0.107. The van der Waals surface area contributed by atoms with Gasteiger partial charge in [-0.1, -0.05) is 17.7 Å². The van der Waals surface area contributed by atoms with E-state index in [9.17, 15) is 9.59 Å². The van der Waals surface area contributed by atoms with Crippen LogP contribution in [-0.2, 0) is 16.1 Å². The van der Waals surface area contributed by atoms with Crippen LogP contribution >= 0.6 is 11.6 Å². The van der Waals surface area contributed by atoms with Gasteiger partial charge in [-0.05, 0) is 36.4 Å². The molecule has 2 heterocycles. The van der Waals surface area contributed by atoms with Crippen molar-refractivity contribution in [2.45, 2.75) is 12.6 Å². The van der Waals surface area contributed by atoms with Gasteiger partial charge in [-0.2, -0.15) is 4.57 Å². The van der Waals surface area contributed by atoms with E-state index in [1.807, 2.05) is 18.2 Å². The zero-order valence-electron chi connectivity index (χ0n) is 17.0. The van der Waals surface area contributed by atoms with Gasteiger partial charge in [0, 0.05) is 28.9 Å². The van der Waals surface area contributed by atoms with Crippen LogP contribution in [-0.4, -0.2) is 26.0 Å². The summed E-state index contributed by atoms with van der Waals surface area (Å²) in [5, 5.41) is 3.46. The highest BCUT2D eigenvalue weighted by molar-refractivity contribution is 6.30. The quantitative estimate of drug-likeness (QED) is 0.620. The molecule has 1 aromatic heterocycles. The lowest BCUT2D eigenvalue weighted by atomic mass is 10.0. The fourth-order valence-corrected chi connectivity index (χ4v) is 3.76. The van der Waals surface area contributed by atoms with E-state index in [0.717, 1.165) is 0 Å². The van der Waals surface area contributed by atoms with Crippen molar-refractivity contribution < 1.29 is 23.6 Å². The molecule has 0 saturated heterocycles. The molecule has 0 bridgehead atoms. The standard InChI is InChI=1S/C23H20ClN3O4/c1-30-17-10-11-18(20(13-17)31-2)27-21(28)14-26-12-4-3-5-19(26)22(27)23(29)25-16-8-6-15(24)7-9-16/h3-13,22H,14H2,1-2H3/p+1/t22-/m1/s1. The predicted molar refractivity (Wildman–Crippen MR) is 116 cm³/mol. The lowest BCUT2D eigenvalue weighted by molar-refractivity contribution is -0.695. The molecule has 0 saturated carbocycles. The van der Waals surface area contributed by atoms with Gasteiger partial charge in [0.1, 0.15) is 11.5 Å². The maximum atomic E-state index is 13.5. The molecule has 0 aliphatic carbocycles. The van der Waals surface area contributed by atoms with Gasteiger partial charge in [-0.3, -0.25) is 14.5 Å². The number of nitrogens with one attached hydrogen (secondary N) is 1. The molecule has 3 aromatic rings. The van der Waals surface area contributed by atoms with Gasteiger partial charge >= 0.3 is 0 Å². The lowest BCUT2D eigenvalue weighted by Gasteiger charge is -2.33. The summed E-state index contributed by atoms with van der Waals surface area (Å²) in [6, 6.07) is 16.5. The molecule has 8 heteroatoms. The highest BCUT2D eigenvalue weighted by Crippen LogP contribution is 2.38. The van der Waals surface area contributed by atoms with Crippen molar-refractivity contribution in [1.29, 1.82) is 0 Å². The second-order valence-electron chi connectivity index (χ2n) is 6.95. The number of carbonyl (C=O) groups is 2. The number of carbonyl (C=O) groups excluding carboxylic acids is 2. The van der Waals surface area contributed by atoms with Crippen LogP contribution in [0.2, 0.25) is 5.02 Å². The zero-order valence-corrected chi connectivity index (χ0v) is 17.8. The molecule has 1 aliphatic rings. The summed E-state index contributed by atoms with van der Waals surface area (Å²) in [5.41, 5.74) is 1.75. The molecule has 1 aliphatic heterocycles. The molecule has 31 heavy (non-hydrogen) atoms. The first-order valence-corrected chi connectivity index (χ1v) is 9.98. The number of benzene rings is 2. The number of aromatic nitrogens is 1. The number of anilines is 2. The van der Waals surface area contributed by atoms with Crippen LogP contribution in [0.25, 0.3) is 0 Å². The molecule has 7 nitrogen and oxygen atoms in total. The Bertz CT molecular complexity index is 1130. The number of pyridine rings is 1. The van der Waals surface area contributed by atoms with E-state index >= 15 is 0 Å². The molecule has 0 fully saturated rings. The van der Waals surface area contributed by atoms with Crippen molar-refractivity contribution in [1.82, 2.24) is 0 Å². The Balaban J connectivity index is 1.80. The van der Waals surface area contributed by atoms with Crippen LogP contribution in [0.3, 0.4) is 0 Å². The third-order valence-corrected chi connectivity index (χ3v) is 5.35. The molecule has 2 amide bonds. The Morgan fingerprint density at radius 3 is 2.58 bits per heavy atom. The monoisotopic (exact) mass is 438 g/mol. The van der Waals surface area contributed by atoms with Crippen molar-refractivity contribution in [2.24, 2.45) is 0 Å². The van der Waals surface area contributed by atoms with Gasteiger partial charge in [-0.25, -0.2) is 0 Å². The summed E-state index contributed by atoms with van der Waals surface area (Å²) in [6.45, 7) is 0.107. The summed E-state index contributed by atoms with van der Waals surface area (Å²) < 4.78 is 12.6. The van der Waals surface area contributed by atoms with Gasteiger partial charge in [0.2, 0.25) is 18.3 Å². The Hall–Kier alpha value is -3.58. The molecular formula is C23H21ClN3O4+. The van der Waals surface area contributed by atoms with E-state index in [0.29, 0.717) is 33.6 Å². The average Bonchev–Trinajstić information content (AvgIpc) is 2.79. The lowest BCUT2D eigenvalue weighted by Crippen LogP contribution is -2.58. The van der Waals surface area contributed by atoms with Crippen molar-refractivity contribution in [3.8, 4) is 11.5 Å². The Morgan fingerprint density at radius 2 is 1.87 bits per heavy atom. The van der Waals surface area contributed by atoms with E-state index in [1.54, 1.807) is 60.3 Å². The average molecular weight is 439 g/mol. The second-order valence-corrected chi connectivity index (χ2v) is 7.39. The molecule has 0 radical (unpaired) electrons. The fraction of sp³-hybridized carbons (Fsp3) is 0.174. The highest BCUT2D eigenvalue weighted by Gasteiger charge is 2.44. The topological polar surface area (TPSA) is 71.8 Å².